The Morgan fingerprint density at radius 1 is 1.42 bits per heavy atom. The number of methoxy groups -OCH3 is 1. The number of nitrogens with one attached hydrogen (secondary N) is 3. The van der Waals surface area contributed by atoms with Gasteiger partial charge in [0, 0.05) is 23.1 Å². The van der Waals surface area contributed by atoms with Crippen LogP contribution >= 0.6 is 22.9 Å². The van der Waals surface area contributed by atoms with Crippen LogP contribution in [-0.2, 0) is 13.0 Å². The van der Waals surface area contributed by atoms with Crippen molar-refractivity contribution in [3.63, 3.8) is 0 Å². The number of quaternary nitrogens is 1. The highest BCUT2D eigenvalue weighted by atomic mass is 35.5. The standard InChI is InChI=1S/C18H20ClN3O3S/c1-3-22-5-4-10-13(8-22)26-18-14(10)17(24)20-16(21-18)11-6-9(19)7-12(25-2)15(11)23/h6-7,16,21,23H,3-5,8H2,1-2H3,(H,20,24)/p+1/t16-/m1/s1. The number of phenolic OH excluding ortho intramolecular Hbond substituents is 1. The van der Waals surface area contributed by atoms with E-state index in [0.717, 1.165) is 36.6 Å². The molecule has 1 unspecified atom stereocenters. The molecule has 6 nitrogen and oxygen atoms in total. The molecule has 4 rings (SSSR count). The van der Waals surface area contributed by atoms with Crippen molar-refractivity contribution in [3.8, 4) is 11.5 Å². The Bertz CT molecular complexity index is 883. The van der Waals surface area contributed by atoms with E-state index in [4.69, 9.17) is 16.3 Å². The van der Waals surface area contributed by atoms with Gasteiger partial charge in [0.15, 0.2) is 11.5 Å². The number of aromatic hydroxyl groups is 1. The van der Waals surface area contributed by atoms with Gasteiger partial charge in [0.2, 0.25) is 0 Å². The number of anilines is 1. The van der Waals surface area contributed by atoms with Crippen LogP contribution in [0.5, 0.6) is 11.5 Å². The smallest absolute Gasteiger partial charge is 0.256 e. The van der Waals surface area contributed by atoms with Crippen molar-refractivity contribution in [2.75, 3.05) is 25.5 Å². The van der Waals surface area contributed by atoms with Crippen LogP contribution in [0.1, 0.15) is 39.5 Å². The lowest BCUT2D eigenvalue weighted by Gasteiger charge is -2.28. The molecule has 2 aliphatic rings. The molecule has 0 fully saturated rings. The number of hydrogen-bond acceptors (Lipinski definition) is 5. The van der Waals surface area contributed by atoms with E-state index < -0.39 is 6.17 Å². The molecule has 0 aliphatic carbocycles. The van der Waals surface area contributed by atoms with Crippen LogP contribution in [0.3, 0.4) is 0 Å². The fraction of sp³-hybridized carbons (Fsp3) is 0.389. The molecule has 2 aliphatic heterocycles. The Morgan fingerprint density at radius 3 is 2.96 bits per heavy atom. The second-order valence-corrected chi connectivity index (χ2v) is 8.13. The molecule has 138 valence electrons. The summed E-state index contributed by atoms with van der Waals surface area (Å²) in [5.74, 6) is 0.141. The summed E-state index contributed by atoms with van der Waals surface area (Å²) in [5, 5.41) is 18.1. The van der Waals surface area contributed by atoms with Crippen LogP contribution in [-0.4, -0.2) is 31.2 Å². The third-order valence-electron chi connectivity index (χ3n) is 5.11. The molecule has 0 spiro atoms. The summed E-state index contributed by atoms with van der Waals surface area (Å²) < 4.78 is 5.17. The average molecular weight is 395 g/mol. The summed E-state index contributed by atoms with van der Waals surface area (Å²) in [6, 6.07) is 3.18. The monoisotopic (exact) mass is 394 g/mol. The molecule has 0 radical (unpaired) electrons. The molecule has 4 N–H and O–H groups in total. The maximum atomic E-state index is 12.8. The number of hydrogen-bond donors (Lipinski definition) is 4. The number of rotatable bonds is 3. The minimum atomic E-state index is -0.558. The van der Waals surface area contributed by atoms with Crippen molar-refractivity contribution in [2.24, 2.45) is 0 Å². The van der Waals surface area contributed by atoms with Crippen molar-refractivity contribution in [1.82, 2.24) is 5.32 Å². The van der Waals surface area contributed by atoms with Crippen LogP contribution in [0.2, 0.25) is 5.02 Å². The van der Waals surface area contributed by atoms with Crippen molar-refractivity contribution in [2.45, 2.75) is 26.1 Å². The van der Waals surface area contributed by atoms with Gasteiger partial charge < -0.3 is 25.4 Å². The maximum Gasteiger partial charge on any atom is 0.256 e. The summed E-state index contributed by atoms with van der Waals surface area (Å²) in [5.41, 5.74) is 2.41. The molecule has 2 aromatic rings. The van der Waals surface area contributed by atoms with Crippen LogP contribution in [0.15, 0.2) is 12.1 Å². The van der Waals surface area contributed by atoms with Crippen LogP contribution in [0.4, 0.5) is 5.00 Å². The second kappa shape index (κ2) is 6.64. The summed E-state index contributed by atoms with van der Waals surface area (Å²) in [7, 11) is 1.47. The van der Waals surface area contributed by atoms with Gasteiger partial charge in [-0.15, -0.1) is 11.3 Å². The Labute approximate surface area is 160 Å². The van der Waals surface area contributed by atoms with E-state index in [0.29, 0.717) is 10.6 Å². The number of benzene rings is 1. The minimum absolute atomic E-state index is 0.0268. The predicted octanol–water partition coefficient (Wildman–Crippen LogP) is 1.93. The normalized spacial score (nSPS) is 21.4. The van der Waals surface area contributed by atoms with Gasteiger partial charge in [-0.25, -0.2) is 0 Å². The van der Waals surface area contributed by atoms with Gasteiger partial charge >= 0.3 is 0 Å². The van der Waals surface area contributed by atoms with E-state index in [1.165, 1.54) is 22.5 Å². The number of fused-ring (bicyclic) bond motifs is 3. The van der Waals surface area contributed by atoms with E-state index >= 15 is 0 Å². The van der Waals surface area contributed by atoms with Crippen LogP contribution in [0, 0.1) is 0 Å². The van der Waals surface area contributed by atoms with Gasteiger partial charge in [0.1, 0.15) is 17.7 Å². The third-order valence-corrected chi connectivity index (χ3v) is 6.49. The van der Waals surface area contributed by atoms with Gasteiger partial charge in [0.05, 0.1) is 30.6 Å². The van der Waals surface area contributed by atoms with E-state index in [2.05, 4.69) is 17.6 Å². The molecule has 8 heteroatoms. The van der Waals surface area contributed by atoms with Crippen molar-refractivity contribution in [3.05, 3.63) is 38.7 Å². The minimum Gasteiger partial charge on any atom is -0.504 e. The number of thiophene rings is 1. The molecule has 0 saturated carbocycles. The van der Waals surface area contributed by atoms with Crippen LogP contribution < -0.4 is 20.3 Å². The summed E-state index contributed by atoms with van der Waals surface area (Å²) in [6.07, 6.45) is 0.359. The molecule has 2 atom stereocenters. The number of amides is 1. The fourth-order valence-electron chi connectivity index (χ4n) is 3.68. The van der Waals surface area contributed by atoms with Gasteiger partial charge in [-0.1, -0.05) is 11.6 Å². The maximum absolute atomic E-state index is 12.8. The third kappa shape index (κ3) is 2.80. The van der Waals surface area contributed by atoms with Gasteiger partial charge in [-0.05, 0) is 18.6 Å². The van der Waals surface area contributed by atoms with Crippen molar-refractivity contribution >= 4 is 33.8 Å². The first-order chi connectivity index (χ1) is 12.5. The van der Waals surface area contributed by atoms with E-state index in [1.807, 2.05) is 0 Å². The van der Waals surface area contributed by atoms with E-state index in [-0.39, 0.29) is 17.4 Å². The highest BCUT2D eigenvalue weighted by Crippen LogP contribution is 2.42. The number of phenols is 1. The molecular weight excluding hydrogens is 374 g/mol. The zero-order valence-corrected chi connectivity index (χ0v) is 16.2. The fourth-order valence-corrected chi connectivity index (χ4v) is 5.24. The van der Waals surface area contributed by atoms with Gasteiger partial charge in [-0.2, -0.15) is 0 Å². The lowest BCUT2D eigenvalue weighted by molar-refractivity contribution is -0.913. The summed E-state index contributed by atoms with van der Waals surface area (Å²) in [6.45, 7) is 5.28. The van der Waals surface area contributed by atoms with Crippen LogP contribution in [0.25, 0.3) is 0 Å². The number of carbonyl (C=O) groups excluding carboxylic acids is 1. The van der Waals surface area contributed by atoms with E-state index in [9.17, 15) is 9.90 Å². The lowest BCUT2D eigenvalue weighted by atomic mass is 10.00. The van der Waals surface area contributed by atoms with Crippen molar-refractivity contribution < 1.29 is 19.5 Å². The molecule has 0 bridgehead atoms. The zero-order chi connectivity index (χ0) is 18.4. The highest BCUT2D eigenvalue weighted by Gasteiger charge is 2.35. The zero-order valence-electron chi connectivity index (χ0n) is 14.6. The molecule has 0 saturated heterocycles. The summed E-state index contributed by atoms with van der Waals surface area (Å²) in [4.78, 5) is 15.6. The number of likely N-dealkylation sites (N-methyl/N-ethyl adjacent to an activating group) is 1. The molecule has 3 heterocycles. The molecule has 26 heavy (non-hydrogen) atoms. The van der Waals surface area contributed by atoms with Crippen molar-refractivity contribution in [1.29, 1.82) is 0 Å². The summed E-state index contributed by atoms with van der Waals surface area (Å²) >= 11 is 7.78. The second-order valence-electron chi connectivity index (χ2n) is 6.58. The molecule has 1 amide bonds. The Balaban J connectivity index is 1.71. The number of halogens is 1. The lowest BCUT2D eigenvalue weighted by Crippen LogP contribution is -3.11. The Kier molecular flexibility index (Phi) is 4.46. The topological polar surface area (TPSA) is 75.0 Å². The van der Waals surface area contributed by atoms with Gasteiger partial charge in [-0.3, -0.25) is 4.79 Å². The first-order valence-corrected chi connectivity index (χ1v) is 9.83. The first kappa shape index (κ1) is 17.5. The largest absolute Gasteiger partial charge is 0.504 e. The molecule has 1 aromatic carbocycles. The van der Waals surface area contributed by atoms with Gasteiger partial charge in [0.25, 0.3) is 5.91 Å². The Morgan fingerprint density at radius 2 is 2.23 bits per heavy atom. The molecule has 1 aromatic heterocycles. The first-order valence-electron chi connectivity index (χ1n) is 8.63. The Hall–Kier alpha value is -1.96. The predicted molar refractivity (Wildman–Crippen MR) is 102 cm³/mol. The quantitative estimate of drug-likeness (QED) is 0.641. The average Bonchev–Trinajstić information content (AvgIpc) is 3.00. The highest BCUT2D eigenvalue weighted by molar-refractivity contribution is 7.16. The molecular formula is C18H21ClN3O3S+. The van der Waals surface area contributed by atoms with E-state index in [1.54, 1.807) is 23.5 Å². The number of ether oxygens (including phenoxy) is 1. The SMILES string of the molecule is CC[NH+]1CCc2c(sc3c2C(=O)N[C@@H](c2cc(Cl)cc(OC)c2O)N3)C1. The number of carbonyl (C=O) groups is 1.